The summed E-state index contributed by atoms with van der Waals surface area (Å²) < 4.78 is 83.2. The van der Waals surface area contributed by atoms with Gasteiger partial charge in [-0.05, 0) is 103 Å². The molecule has 1 saturated carbocycles. The molecule has 0 amide bonds. The lowest BCUT2D eigenvalue weighted by molar-refractivity contribution is -0.138. The fourth-order valence-corrected chi connectivity index (χ4v) is 6.26. The molecule has 2 aliphatic rings. The quantitative estimate of drug-likeness (QED) is 0.309. The van der Waals surface area contributed by atoms with Crippen LogP contribution < -0.4 is 4.90 Å². The summed E-state index contributed by atoms with van der Waals surface area (Å²) in [5.74, 6) is -3.67. The van der Waals surface area contributed by atoms with Gasteiger partial charge in [-0.1, -0.05) is 31.0 Å². The molecule has 216 valence electrons. The first kappa shape index (κ1) is 28.8. The minimum Gasteiger partial charge on any atom is -0.481 e. The van der Waals surface area contributed by atoms with Gasteiger partial charge in [0.15, 0.2) is 11.6 Å². The Morgan fingerprint density at radius 1 is 0.854 bits per heavy atom. The second-order valence-electron chi connectivity index (χ2n) is 10.8. The third-order valence-corrected chi connectivity index (χ3v) is 8.17. The minimum atomic E-state index is -4.62. The average molecular weight is 574 g/mol. The standard InChI is InChI=1S/C32H29F6NO2/c33-24-12-10-20(11-13-24)19-4-1-6-21(7-2-5-19)29-15-22-14-27(34)28(35)17-26(22)30(18-31(40)41)39(29)25-9-3-8-23(16-25)32(36,37)38/h3,8-17,19,21,30H,1-2,4-7,18H2,(H,40,41). The van der Waals surface area contributed by atoms with Crippen molar-refractivity contribution in [2.75, 3.05) is 4.90 Å². The topological polar surface area (TPSA) is 40.5 Å². The van der Waals surface area contributed by atoms with E-state index < -0.39 is 41.8 Å². The molecule has 41 heavy (non-hydrogen) atoms. The van der Waals surface area contributed by atoms with Crippen LogP contribution in [0.1, 0.15) is 79.2 Å². The van der Waals surface area contributed by atoms with Crippen LogP contribution in [0.25, 0.3) is 6.08 Å². The molecular weight excluding hydrogens is 544 g/mol. The zero-order valence-corrected chi connectivity index (χ0v) is 22.1. The highest BCUT2D eigenvalue weighted by Gasteiger charge is 2.37. The molecule has 3 aromatic carbocycles. The number of benzene rings is 3. The van der Waals surface area contributed by atoms with Crippen molar-refractivity contribution in [1.29, 1.82) is 0 Å². The van der Waals surface area contributed by atoms with Crippen molar-refractivity contribution in [3.63, 3.8) is 0 Å². The summed E-state index contributed by atoms with van der Waals surface area (Å²) in [5, 5.41) is 9.78. The van der Waals surface area contributed by atoms with E-state index >= 15 is 0 Å². The van der Waals surface area contributed by atoms with Crippen LogP contribution in [0, 0.1) is 23.4 Å². The Kier molecular flexibility index (Phi) is 8.16. The molecule has 0 radical (unpaired) electrons. The molecular formula is C32H29F6NO2. The van der Waals surface area contributed by atoms with E-state index in [9.17, 15) is 36.2 Å². The average Bonchev–Trinajstić information content (AvgIpc) is 2.90. The number of carboxylic acids is 1. The normalized spacial score (nSPS) is 21.5. The minimum absolute atomic E-state index is 0.138. The summed E-state index contributed by atoms with van der Waals surface area (Å²) in [5.41, 5.74) is 1.42. The Balaban J connectivity index is 1.55. The maximum Gasteiger partial charge on any atom is 0.416 e. The van der Waals surface area contributed by atoms with Crippen molar-refractivity contribution in [3.05, 3.63) is 106 Å². The molecule has 9 heteroatoms. The fraction of sp³-hybridized carbons (Fsp3) is 0.344. The molecule has 1 unspecified atom stereocenters. The van der Waals surface area contributed by atoms with E-state index in [2.05, 4.69) is 0 Å². The summed E-state index contributed by atoms with van der Waals surface area (Å²) in [7, 11) is 0. The number of carbonyl (C=O) groups is 1. The molecule has 1 N–H and O–H groups in total. The van der Waals surface area contributed by atoms with Crippen LogP contribution in [0.3, 0.4) is 0 Å². The predicted octanol–water partition coefficient (Wildman–Crippen LogP) is 9.25. The second-order valence-corrected chi connectivity index (χ2v) is 10.8. The summed E-state index contributed by atoms with van der Waals surface area (Å²) in [6.45, 7) is 0. The van der Waals surface area contributed by atoms with Crippen molar-refractivity contribution < 1.29 is 36.2 Å². The van der Waals surface area contributed by atoms with Crippen molar-refractivity contribution in [2.24, 2.45) is 5.92 Å². The van der Waals surface area contributed by atoms with Gasteiger partial charge in [-0.2, -0.15) is 13.2 Å². The van der Waals surface area contributed by atoms with Gasteiger partial charge in [0.05, 0.1) is 18.0 Å². The Morgan fingerprint density at radius 2 is 1.49 bits per heavy atom. The largest absolute Gasteiger partial charge is 0.481 e. The van der Waals surface area contributed by atoms with Gasteiger partial charge >= 0.3 is 12.1 Å². The van der Waals surface area contributed by atoms with Gasteiger partial charge in [-0.25, -0.2) is 13.2 Å². The van der Waals surface area contributed by atoms with E-state index in [-0.39, 0.29) is 28.9 Å². The third kappa shape index (κ3) is 6.29. The van der Waals surface area contributed by atoms with E-state index in [4.69, 9.17) is 0 Å². The van der Waals surface area contributed by atoms with Gasteiger partial charge in [0, 0.05) is 11.4 Å². The number of fused-ring (bicyclic) bond motifs is 1. The van der Waals surface area contributed by atoms with Crippen LogP contribution >= 0.6 is 0 Å². The van der Waals surface area contributed by atoms with E-state index in [0.29, 0.717) is 24.1 Å². The van der Waals surface area contributed by atoms with Gasteiger partial charge in [0.25, 0.3) is 0 Å². The monoisotopic (exact) mass is 573 g/mol. The number of halogens is 6. The lowest BCUT2D eigenvalue weighted by Crippen LogP contribution is -2.36. The highest BCUT2D eigenvalue weighted by Crippen LogP contribution is 2.47. The molecule has 1 aliphatic heterocycles. The van der Waals surface area contributed by atoms with Gasteiger partial charge in [0.1, 0.15) is 5.82 Å². The summed E-state index contributed by atoms with van der Waals surface area (Å²) in [6, 6.07) is 12.1. The lowest BCUT2D eigenvalue weighted by atomic mass is 9.79. The highest BCUT2D eigenvalue weighted by molar-refractivity contribution is 5.76. The van der Waals surface area contributed by atoms with Gasteiger partial charge < -0.3 is 10.0 Å². The number of hydrogen-bond donors (Lipinski definition) is 1. The van der Waals surface area contributed by atoms with E-state index in [1.165, 1.54) is 24.3 Å². The Labute approximate surface area is 234 Å². The first-order chi connectivity index (χ1) is 19.5. The summed E-state index contributed by atoms with van der Waals surface area (Å²) in [6.07, 6.45) is 1.05. The van der Waals surface area contributed by atoms with Gasteiger partial charge in [0.2, 0.25) is 0 Å². The molecule has 5 rings (SSSR count). The molecule has 1 fully saturated rings. The van der Waals surface area contributed by atoms with Crippen LogP contribution in [0.5, 0.6) is 0 Å². The van der Waals surface area contributed by atoms with Crippen LogP contribution in [-0.4, -0.2) is 11.1 Å². The molecule has 1 aliphatic carbocycles. The number of carboxylic acid groups (broad SMARTS) is 1. The predicted molar refractivity (Wildman–Crippen MR) is 144 cm³/mol. The van der Waals surface area contributed by atoms with Crippen LogP contribution in [-0.2, 0) is 11.0 Å². The fourth-order valence-electron chi connectivity index (χ4n) is 6.26. The van der Waals surface area contributed by atoms with Gasteiger partial charge in [-0.15, -0.1) is 0 Å². The Bertz CT molecular complexity index is 1440. The maximum atomic E-state index is 14.4. The first-order valence-electron chi connectivity index (χ1n) is 13.7. The zero-order valence-electron chi connectivity index (χ0n) is 22.1. The highest BCUT2D eigenvalue weighted by atomic mass is 19.4. The zero-order chi connectivity index (χ0) is 29.3. The van der Waals surface area contributed by atoms with E-state index in [1.54, 1.807) is 23.1 Å². The number of rotatable bonds is 5. The Hall–Kier alpha value is -3.75. The van der Waals surface area contributed by atoms with Crippen molar-refractivity contribution in [1.82, 2.24) is 0 Å². The second kappa shape index (κ2) is 11.6. The molecule has 3 nitrogen and oxygen atoms in total. The van der Waals surface area contributed by atoms with E-state index in [1.807, 2.05) is 0 Å². The van der Waals surface area contributed by atoms with Gasteiger partial charge in [-0.3, -0.25) is 4.79 Å². The molecule has 1 heterocycles. The third-order valence-electron chi connectivity index (χ3n) is 8.17. The molecule has 1 atom stereocenters. The van der Waals surface area contributed by atoms with Crippen LogP contribution in [0.2, 0.25) is 0 Å². The smallest absolute Gasteiger partial charge is 0.416 e. The molecule has 3 aromatic rings. The Morgan fingerprint density at radius 3 is 2.12 bits per heavy atom. The van der Waals surface area contributed by atoms with Crippen molar-refractivity contribution in [2.45, 2.75) is 63.1 Å². The number of nitrogens with zero attached hydrogens (tertiary/aromatic N) is 1. The maximum absolute atomic E-state index is 14.4. The van der Waals surface area contributed by atoms with E-state index in [0.717, 1.165) is 55.5 Å². The molecule has 0 bridgehead atoms. The SMILES string of the molecule is O=C(O)CC1c2cc(F)c(F)cc2C=C(C2CCCC(c3ccc(F)cc3)CCC2)N1c1cccc(C(F)(F)F)c1. The van der Waals surface area contributed by atoms with Crippen molar-refractivity contribution in [3.8, 4) is 0 Å². The molecule has 0 spiro atoms. The summed E-state index contributed by atoms with van der Waals surface area (Å²) >= 11 is 0. The first-order valence-corrected chi connectivity index (χ1v) is 13.7. The number of hydrogen-bond acceptors (Lipinski definition) is 2. The molecule has 0 aromatic heterocycles. The number of aliphatic carboxylic acids is 1. The summed E-state index contributed by atoms with van der Waals surface area (Å²) in [4.78, 5) is 13.6. The number of anilines is 1. The van der Waals surface area contributed by atoms with Crippen LogP contribution in [0.4, 0.5) is 32.0 Å². The molecule has 0 saturated heterocycles. The van der Waals surface area contributed by atoms with Crippen LogP contribution in [0.15, 0.2) is 66.4 Å². The number of allylic oxidation sites excluding steroid dienone is 1. The lowest BCUT2D eigenvalue weighted by Gasteiger charge is -2.43. The van der Waals surface area contributed by atoms with Crippen molar-refractivity contribution >= 4 is 17.7 Å². The number of alkyl halides is 3.